The van der Waals surface area contributed by atoms with E-state index in [0.29, 0.717) is 24.4 Å². The van der Waals surface area contributed by atoms with Gasteiger partial charge in [0, 0.05) is 38.8 Å². The van der Waals surface area contributed by atoms with Gasteiger partial charge in [-0.05, 0) is 115 Å². The van der Waals surface area contributed by atoms with E-state index >= 15 is 0 Å². The van der Waals surface area contributed by atoms with Crippen LogP contribution in [-0.2, 0) is 9.53 Å². The van der Waals surface area contributed by atoms with E-state index in [4.69, 9.17) is 4.74 Å². The summed E-state index contributed by atoms with van der Waals surface area (Å²) in [6.45, 7) is 17.5. The van der Waals surface area contributed by atoms with Gasteiger partial charge in [-0.25, -0.2) is 0 Å². The summed E-state index contributed by atoms with van der Waals surface area (Å²) in [4.78, 5) is 14.1. The molecule has 0 spiro atoms. The summed E-state index contributed by atoms with van der Waals surface area (Å²) in [5.74, 6) is 0.614. The lowest BCUT2D eigenvalue weighted by atomic mass is 9.87. The first kappa shape index (κ1) is 28.9. The van der Waals surface area contributed by atoms with E-state index in [9.17, 15) is 10.1 Å². The molecule has 204 valence electrons. The van der Waals surface area contributed by atoms with Crippen molar-refractivity contribution in [2.24, 2.45) is 5.92 Å². The lowest BCUT2D eigenvalue weighted by Crippen LogP contribution is -2.35. The molecule has 4 heteroatoms. The highest BCUT2D eigenvalue weighted by molar-refractivity contribution is 5.76. The highest BCUT2D eigenvalue weighted by atomic mass is 16.5. The fourth-order valence-electron chi connectivity index (χ4n) is 5.38. The summed E-state index contributed by atoms with van der Waals surface area (Å²) in [7, 11) is 0. The molecule has 0 N–H and O–H groups in total. The number of allylic oxidation sites excluding steroid dienone is 4. The lowest BCUT2D eigenvalue weighted by molar-refractivity contribution is -0.128. The van der Waals surface area contributed by atoms with Crippen LogP contribution < -0.4 is 0 Å². The summed E-state index contributed by atoms with van der Waals surface area (Å²) in [5, 5.41) is 9.72. The maximum atomic E-state index is 12.2. The molecule has 0 bridgehead atoms. The van der Waals surface area contributed by atoms with Gasteiger partial charge in [-0.3, -0.25) is 4.79 Å². The van der Waals surface area contributed by atoms with Crippen molar-refractivity contribution in [2.45, 2.75) is 46.5 Å². The van der Waals surface area contributed by atoms with Crippen LogP contribution in [0.1, 0.15) is 56.2 Å². The smallest absolute Gasteiger partial charge is 0.219 e. The van der Waals surface area contributed by atoms with Gasteiger partial charge in [-0.15, -0.1) is 0 Å². The standard InChI is InChI=1S/C36H38N2O2/c1-25(20-33-22-35(31-9-7-6-8-10-31)34(23-37)21-27(33)3)19-26(2)28(4)36-24-38(29(5)39)16-13-32(36)12-11-30-14-17-40-18-15-30/h7,9-12,20-22,30H,2,4,13-19,24H2,1,3,5H3/b12-11+,25-20-. The molecule has 0 radical (unpaired) electrons. The average molecular weight is 531 g/mol. The van der Waals surface area contributed by atoms with Gasteiger partial charge in [-0.2, -0.15) is 5.26 Å². The third kappa shape index (κ3) is 7.09. The Balaban J connectivity index is 1.57. The minimum Gasteiger partial charge on any atom is -0.381 e. The number of carbonyl (C=O) groups is 1. The topological polar surface area (TPSA) is 53.3 Å². The highest BCUT2D eigenvalue weighted by Crippen LogP contribution is 2.32. The highest BCUT2D eigenvalue weighted by Gasteiger charge is 2.23. The monoisotopic (exact) mass is 530 g/mol. The van der Waals surface area contributed by atoms with E-state index in [1.54, 1.807) is 6.92 Å². The Bertz CT molecular complexity index is 1410. The fraction of sp³-hybridized carbons (Fsp3) is 0.333. The minimum atomic E-state index is 0.0837. The van der Waals surface area contributed by atoms with Crippen LogP contribution in [0.25, 0.3) is 17.2 Å². The van der Waals surface area contributed by atoms with Crippen molar-refractivity contribution in [3.63, 3.8) is 0 Å². The molecule has 4 nitrogen and oxygen atoms in total. The molecule has 0 atom stereocenters. The SMILES string of the molecule is C=C(C/C(C)=C\c1cc(-c2cc#ccc2)c(C#N)cc1C)C(=C)C1=C(/C=C/C2CCOCC2)CCN(C(C)=O)C1. The molecular formula is C36H38N2O2. The van der Waals surface area contributed by atoms with Crippen molar-refractivity contribution in [3.8, 4) is 17.2 Å². The zero-order valence-electron chi connectivity index (χ0n) is 24.0. The van der Waals surface area contributed by atoms with Crippen molar-refractivity contribution in [3.05, 3.63) is 112 Å². The molecule has 0 saturated carbocycles. The van der Waals surface area contributed by atoms with Crippen molar-refractivity contribution in [1.29, 1.82) is 5.26 Å². The van der Waals surface area contributed by atoms with Crippen molar-refractivity contribution in [2.75, 3.05) is 26.3 Å². The number of hydrogen-bond acceptors (Lipinski definition) is 3. The molecule has 0 unspecified atom stereocenters. The third-order valence-corrected chi connectivity index (χ3v) is 7.85. The second-order valence-electron chi connectivity index (χ2n) is 10.8. The minimum absolute atomic E-state index is 0.0837. The van der Waals surface area contributed by atoms with Crippen LogP contribution in [0.3, 0.4) is 0 Å². The second kappa shape index (κ2) is 13.3. The molecule has 0 aromatic heterocycles. The van der Waals surface area contributed by atoms with Crippen LogP contribution in [-0.4, -0.2) is 37.1 Å². The number of rotatable bonds is 8. The number of nitriles is 1. The summed E-state index contributed by atoms with van der Waals surface area (Å²) in [6, 6.07) is 17.9. The molecular weight excluding hydrogens is 492 g/mol. The van der Waals surface area contributed by atoms with Crippen LogP contribution in [0.5, 0.6) is 0 Å². The molecule has 1 fully saturated rings. The van der Waals surface area contributed by atoms with E-state index in [2.05, 4.69) is 62.6 Å². The van der Waals surface area contributed by atoms with Crippen molar-refractivity contribution < 1.29 is 9.53 Å². The quantitative estimate of drug-likeness (QED) is 0.331. The number of benzene rings is 1. The Morgan fingerprint density at radius 1 is 1.23 bits per heavy atom. The maximum absolute atomic E-state index is 12.2. The van der Waals surface area contributed by atoms with E-state index in [0.717, 1.165) is 83.6 Å². The third-order valence-electron chi connectivity index (χ3n) is 7.85. The summed E-state index contributed by atoms with van der Waals surface area (Å²) in [6.07, 6.45) is 10.3. The first-order chi connectivity index (χ1) is 19.3. The molecule has 1 amide bonds. The molecule has 2 aliphatic heterocycles. The van der Waals surface area contributed by atoms with Gasteiger partial charge < -0.3 is 9.64 Å². The Labute approximate surface area is 239 Å². The molecule has 2 aliphatic rings. The number of aryl methyl sites for hydroxylation is 1. The lowest BCUT2D eigenvalue weighted by Gasteiger charge is -2.31. The van der Waals surface area contributed by atoms with Gasteiger partial charge in [0.15, 0.2) is 0 Å². The normalized spacial score (nSPS) is 16.6. The predicted octanol–water partition coefficient (Wildman–Crippen LogP) is 7.57. The Kier molecular flexibility index (Phi) is 9.60. The second-order valence-corrected chi connectivity index (χ2v) is 10.8. The summed E-state index contributed by atoms with van der Waals surface area (Å²) >= 11 is 0. The van der Waals surface area contributed by atoms with E-state index < -0.39 is 0 Å². The van der Waals surface area contributed by atoms with Crippen LogP contribution in [0, 0.1) is 36.3 Å². The number of ether oxygens (including phenoxy) is 1. The Morgan fingerprint density at radius 2 is 2.00 bits per heavy atom. The number of carbonyl (C=O) groups excluding carboxylic acids is 1. The number of nitrogens with zero attached hydrogens (tertiary/aromatic N) is 2. The predicted molar refractivity (Wildman–Crippen MR) is 162 cm³/mol. The summed E-state index contributed by atoms with van der Waals surface area (Å²) < 4.78 is 5.51. The molecule has 0 aliphatic carbocycles. The first-order valence-corrected chi connectivity index (χ1v) is 14.0. The maximum Gasteiger partial charge on any atom is 0.219 e. The molecule has 40 heavy (non-hydrogen) atoms. The average Bonchev–Trinajstić information content (AvgIpc) is 2.97. The van der Waals surface area contributed by atoms with Gasteiger partial charge in [0.1, 0.15) is 0 Å². The van der Waals surface area contributed by atoms with E-state index in [-0.39, 0.29) is 5.91 Å². The van der Waals surface area contributed by atoms with Crippen LogP contribution in [0.15, 0.2) is 83.5 Å². The zero-order valence-corrected chi connectivity index (χ0v) is 24.0. The molecule has 1 saturated heterocycles. The van der Waals surface area contributed by atoms with Crippen LogP contribution in [0.4, 0.5) is 0 Å². The fourth-order valence-corrected chi connectivity index (χ4v) is 5.38. The van der Waals surface area contributed by atoms with Crippen LogP contribution >= 0.6 is 0 Å². The number of hydrogen-bond donors (Lipinski definition) is 0. The van der Waals surface area contributed by atoms with Gasteiger partial charge in [0.2, 0.25) is 5.91 Å². The Hall–Kier alpha value is -4.12. The van der Waals surface area contributed by atoms with E-state index in [1.165, 1.54) is 5.57 Å². The van der Waals surface area contributed by atoms with E-state index in [1.807, 2.05) is 36.1 Å². The molecule has 2 aromatic rings. The van der Waals surface area contributed by atoms with Crippen molar-refractivity contribution >= 4 is 12.0 Å². The zero-order chi connectivity index (χ0) is 28.6. The first-order valence-electron chi connectivity index (χ1n) is 14.0. The van der Waals surface area contributed by atoms with Gasteiger partial charge in [0.25, 0.3) is 0 Å². The van der Waals surface area contributed by atoms with Crippen molar-refractivity contribution in [1.82, 2.24) is 4.90 Å². The van der Waals surface area contributed by atoms with Gasteiger partial charge >= 0.3 is 0 Å². The van der Waals surface area contributed by atoms with Crippen LogP contribution in [0.2, 0.25) is 0 Å². The van der Waals surface area contributed by atoms with Gasteiger partial charge in [-0.1, -0.05) is 49.1 Å². The number of amides is 1. The summed E-state index contributed by atoms with van der Waals surface area (Å²) in [5.41, 5.74) is 9.96. The molecule has 4 rings (SSSR count). The molecule has 2 aromatic carbocycles. The molecule has 2 heterocycles. The largest absolute Gasteiger partial charge is 0.381 e. The Morgan fingerprint density at radius 3 is 2.67 bits per heavy atom. The van der Waals surface area contributed by atoms with Gasteiger partial charge in [0.05, 0.1) is 11.6 Å².